The highest BCUT2D eigenvalue weighted by atomic mass is 16.3. The van der Waals surface area contributed by atoms with Crippen molar-refractivity contribution in [3.8, 4) is 5.75 Å². The second kappa shape index (κ2) is 6.16. The van der Waals surface area contributed by atoms with Crippen LogP contribution in [0.25, 0.3) is 10.9 Å². The van der Waals surface area contributed by atoms with E-state index in [0.29, 0.717) is 22.9 Å². The lowest BCUT2D eigenvalue weighted by Gasteiger charge is -2.12. The number of aryl methyl sites for hydroxylation is 2. The van der Waals surface area contributed by atoms with Crippen molar-refractivity contribution in [2.45, 2.75) is 20.3 Å². The van der Waals surface area contributed by atoms with Gasteiger partial charge in [-0.3, -0.25) is 14.6 Å². The van der Waals surface area contributed by atoms with E-state index in [4.69, 9.17) is 0 Å². The number of hydrogen-bond donors (Lipinski definition) is 3. The first-order valence-electron chi connectivity index (χ1n) is 7.61. The van der Waals surface area contributed by atoms with Crippen molar-refractivity contribution >= 4 is 22.5 Å². The van der Waals surface area contributed by atoms with Gasteiger partial charge < -0.3 is 15.4 Å². The first-order valence-corrected chi connectivity index (χ1v) is 7.61. The van der Waals surface area contributed by atoms with Crippen LogP contribution in [-0.4, -0.2) is 21.0 Å². The van der Waals surface area contributed by atoms with Gasteiger partial charge in [0.25, 0.3) is 11.5 Å². The normalized spacial score (nSPS) is 10.8. The molecule has 0 saturated heterocycles. The molecule has 3 rings (SSSR count). The summed E-state index contributed by atoms with van der Waals surface area (Å²) in [6, 6.07) is 6.81. The van der Waals surface area contributed by atoms with Crippen molar-refractivity contribution in [2.75, 3.05) is 5.32 Å². The van der Waals surface area contributed by atoms with Gasteiger partial charge in [-0.05, 0) is 42.7 Å². The monoisotopic (exact) mass is 323 g/mol. The third-order valence-corrected chi connectivity index (χ3v) is 3.88. The third kappa shape index (κ3) is 2.74. The summed E-state index contributed by atoms with van der Waals surface area (Å²) >= 11 is 0. The van der Waals surface area contributed by atoms with Crippen LogP contribution >= 0.6 is 0 Å². The van der Waals surface area contributed by atoms with E-state index in [9.17, 15) is 14.7 Å². The van der Waals surface area contributed by atoms with E-state index in [1.807, 2.05) is 19.9 Å². The molecule has 1 aromatic carbocycles. The maximum Gasteiger partial charge on any atom is 0.276 e. The molecule has 0 unspecified atom stereocenters. The van der Waals surface area contributed by atoms with E-state index >= 15 is 0 Å². The number of pyridine rings is 2. The summed E-state index contributed by atoms with van der Waals surface area (Å²) in [6.45, 7) is 3.89. The number of aromatic amines is 1. The molecule has 0 fully saturated rings. The van der Waals surface area contributed by atoms with Crippen LogP contribution in [0.1, 0.15) is 28.4 Å². The molecule has 0 radical (unpaired) electrons. The van der Waals surface area contributed by atoms with Gasteiger partial charge in [-0.2, -0.15) is 0 Å². The highest BCUT2D eigenvalue weighted by Gasteiger charge is 2.17. The second-order valence-corrected chi connectivity index (χ2v) is 5.57. The summed E-state index contributed by atoms with van der Waals surface area (Å²) in [5.74, 6) is -0.698. The highest BCUT2D eigenvalue weighted by molar-refractivity contribution is 6.06. The Hall–Kier alpha value is -3.15. The minimum Gasteiger partial charge on any atom is -0.505 e. The zero-order valence-corrected chi connectivity index (χ0v) is 13.4. The van der Waals surface area contributed by atoms with Gasteiger partial charge in [-0.15, -0.1) is 0 Å². The van der Waals surface area contributed by atoms with Crippen LogP contribution in [0, 0.1) is 6.92 Å². The minimum absolute atomic E-state index is 0.150. The number of aromatic hydroxyl groups is 1. The van der Waals surface area contributed by atoms with Gasteiger partial charge in [0.1, 0.15) is 0 Å². The van der Waals surface area contributed by atoms with Crippen LogP contribution in [0.3, 0.4) is 0 Å². The molecule has 0 bridgehead atoms. The number of nitrogens with one attached hydrogen (secondary N) is 2. The third-order valence-electron chi connectivity index (χ3n) is 3.88. The van der Waals surface area contributed by atoms with Crippen LogP contribution in [-0.2, 0) is 6.42 Å². The number of nitrogens with zero attached hydrogens (tertiary/aromatic N) is 1. The van der Waals surface area contributed by atoms with Crippen LogP contribution < -0.4 is 10.9 Å². The van der Waals surface area contributed by atoms with E-state index in [-0.39, 0.29) is 11.4 Å². The molecule has 0 spiro atoms. The van der Waals surface area contributed by atoms with Gasteiger partial charge in [0, 0.05) is 23.3 Å². The fourth-order valence-corrected chi connectivity index (χ4v) is 2.74. The minimum atomic E-state index is -0.546. The Kier molecular flexibility index (Phi) is 4.04. The summed E-state index contributed by atoms with van der Waals surface area (Å²) in [5.41, 5.74) is 2.10. The van der Waals surface area contributed by atoms with Crippen LogP contribution in [0.4, 0.5) is 5.69 Å². The van der Waals surface area contributed by atoms with E-state index < -0.39 is 11.5 Å². The van der Waals surface area contributed by atoms with Crippen LogP contribution in [0.5, 0.6) is 5.75 Å². The quantitative estimate of drug-likeness (QED) is 0.690. The van der Waals surface area contributed by atoms with Crippen LogP contribution in [0.2, 0.25) is 0 Å². The van der Waals surface area contributed by atoms with Gasteiger partial charge in [-0.25, -0.2) is 0 Å². The van der Waals surface area contributed by atoms with Crippen molar-refractivity contribution in [2.24, 2.45) is 0 Å². The fourth-order valence-electron chi connectivity index (χ4n) is 2.74. The molecule has 0 aliphatic heterocycles. The Labute approximate surface area is 138 Å². The summed E-state index contributed by atoms with van der Waals surface area (Å²) < 4.78 is 0. The van der Waals surface area contributed by atoms with Crippen molar-refractivity contribution < 1.29 is 9.90 Å². The van der Waals surface area contributed by atoms with Gasteiger partial charge in [0.2, 0.25) is 0 Å². The Morgan fingerprint density at radius 1 is 1.29 bits per heavy atom. The van der Waals surface area contributed by atoms with Crippen LogP contribution in [0.15, 0.2) is 41.5 Å². The number of carbonyl (C=O) groups is 1. The van der Waals surface area contributed by atoms with E-state index in [2.05, 4.69) is 15.3 Å². The summed E-state index contributed by atoms with van der Waals surface area (Å²) in [7, 11) is 0. The number of hydrogen-bond acceptors (Lipinski definition) is 4. The lowest BCUT2D eigenvalue weighted by Crippen LogP contribution is -2.20. The topological polar surface area (TPSA) is 95.1 Å². The number of carbonyl (C=O) groups excluding carboxylic acids is 1. The number of aromatic nitrogens is 2. The number of anilines is 1. The van der Waals surface area contributed by atoms with Gasteiger partial charge in [0.15, 0.2) is 11.4 Å². The Morgan fingerprint density at radius 3 is 2.67 bits per heavy atom. The standard InChI is InChI=1S/C18H17N3O3/c1-3-11-8-10(2)9-13-14(11)16(22)15(18(24)20-13)21-17(23)12-4-6-19-7-5-12/h4-9H,3H2,1-2H3,(H,21,23)(H2,20,22,24). The van der Waals surface area contributed by atoms with Crippen molar-refractivity contribution in [1.82, 2.24) is 9.97 Å². The molecular formula is C18H17N3O3. The first kappa shape index (κ1) is 15.7. The van der Waals surface area contributed by atoms with Crippen molar-refractivity contribution in [3.05, 3.63) is 63.7 Å². The van der Waals surface area contributed by atoms with Gasteiger partial charge >= 0.3 is 0 Å². The average Bonchev–Trinajstić information content (AvgIpc) is 2.58. The molecule has 2 aromatic heterocycles. The largest absolute Gasteiger partial charge is 0.505 e. The van der Waals surface area contributed by atoms with Crippen molar-refractivity contribution in [1.29, 1.82) is 0 Å². The molecule has 0 atom stereocenters. The highest BCUT2D eigenvalue weighted by Crippen LogP contribution is 2.32. The lowest BCUT2D eigenvalue weighted by atomic mass is 10.0. The molecule has 3 aromatic rings. The van der Waals surface area contributed by atoms with E-state index in [0.717, 1.165) is 11.1 Å². The van der Waals surface area contributed by atoms with Crippen molar-refractivity contribution in [3.63, 3.8) is 0 Å². The molecule has 0 aliphatic rings. The predicted molar refractivity (Wildman–Crippen MR) is 92.5 cm³/mol. The molecule has 6 nitrogen and oxygen atoms in total. The number of amides is 1. The fraction of sp³-hybridized carbons (Fsp3) is 0.167. The van der Waals surface area contributed by atoms with Gasteiger partial charge in [0.05, 0.1) is 5.52 Å². The maximum atomic E-state index is 12.3. The Balaban J connectivity index is 2.14. The molecule has 0 aliphatic carbocycles. The first-order chi connectivity index (χ1) is 11.5. The SMILES string of the molecule is CCc1cc(C)cc2[nH]c(=O)c(NC(=O)c3ccncc3)c(O)c12. The Bertz CT molecular complexity index is 978. The molecule has 24 heavy (non-hydrogen) atoms. The number of benzene rings is 1. The predicted octanol–water partition coefficient (Wildman–Crippen LogP) is 2.75. The van der Waals surface area contributed by atoms with E-state index in [1.165, 1.54) is 24.5 Å². The van der Waals surface area contributed by atoms with E-state index in [1.54, 1.807) is 6.07 Å². The molecule has 6 heteroatoms. The summed E-state index contributed by atoms with van der Waals surface area (Å²) in [5, 5.41) is 13.6. The Morgan fingerprint density at radius 2 is 2.00 bits per heavy atom. The molecular weight excluding hydrogens is 306 g/mol. The lowest BCUT2D eigenvalue weighted by molar-refractivity contribution is 0.102. The number of rotatable bonds is 3. The number of H-pyrrole nitrogens is 1. The molecule has 3 N–H and O–H groups in total. The van der Waals surface area contributed by atoms with Gasteiger partial charge in [-0.1, -0.05) is 13.0 Å². The molecule has 1 amide bonds. The summed E-state index contributed by atoms with van der Waals surface area (Å²) in [6.07, 6.45) is 3.66. The second-order valence-electron chi connectivity index (χ2n) is 5.57. The zero-order valence-electron chi connectivity index (χ0n) is 13.4. The molecule has 122 valence electrons. The molecule has 0 saturated carbocycles. The maximum absolute atomic E-state index is 12.3. The number of fused-ring (bicyclic) bond motifs is 1. The average molecular weight is 323 g/mol. The smallest absolute Gasteiger partial charge is 0.276 e. The molecule has 2 heterocycles. The summed E-state index contributed by atoms with van der Waals surface area (Å²) in [4.78, 5) is 31.1. The zero-order chi connectivity index (χ0) is 17.3.